The average molecular weight is 426 g/mol. The van der Waals surface area contributed by atoms with Gasteiger partial charge in [0.05, 0.1) is 18.3 Å². The van der Waals surface area contributed by atoms with Crippen LogP contribution in [0.5, 0.6) is 5.75 Å². The van der Waals surface area contributed by atoms with Crippen LogP contribution in [0.2, 0.25) is 0 Å². The molecular weight excluding hydrogens is 406 g/mol. The van der Waals surface area contributed by atoms with Gasteiger partial charge in [0.2, 0.25) is 0 Å². The van der Waals surface area contributed by atoms with Crippen LogP contribution in [0, 0.1) is 0 Å². The lowest BCUT2D eigenvalue weighted by atomic mass is 10.1. The second kappa shape index (κ2) is 8.97. The number of anilines is 1. The van der Waals surface area contributed by atoms with Crippen LogP contribution in [0.1, 0.15) is 5.56 Å². The Morgan fingerprint density at radius 2 is 1.94 bits per heavy atom. The van der Waals surface area contributed by atoms with Gasteiger partial charge in [0, 0.05) is 28.7 Å². The van der Waals surface area contributed by atoms with E-state index in [4.69, 9.17) is 0 Å². The van der Waals surface area contributed by atoms with Gasteiger partial charge in [-0.25, -0.2) is 4.79 Å². The SMILES string of the molecule is O=C(Nc1ccc(OC(F)F)c2ncccc12)NC(CO)Cc1c[nH]c2ccccc12. The zero-order chi connectivity index (χ0) is 21.8. The average Bonchev–Trinajstić information content (AvgIpc) is 3.17. The fraction of sp³-hybridized carbons (Fsp3) is 0.182. The number of hydrogen-bond donors (Lipinski definition) is 4. The molecule has 1 unspecified atom stereocenters. The lowest BCUT2D eigenvalue weighted by Crippen LogP contribution is -2.41. The largest absolute Gasteiger partial charge is 0.432 e. The molecule has 9 heteroatoms. The van der Waals surface area contributed by atoms with Gasteiger partial charge in [-0.05, 0) is 42.3 Å². The summed E-state index contributed by atoms with van der Waals surface area (Å²) in [6, 6.07) is 12.8. The summed E-state index contributed by atoms with van der Waals surface area (Å²) in [5, 5.41) is 16.7. The van der Waals surface area contributed by atoms with E-state index >= 15 is 0 Å². The van der Waals surface area contributed by atoms with E-state index in [-0.39, 0.29) is 17.9 Å². The van der Waals surface area contributed by atoms with Crippen molar-refractivity contribution in [2.45, 2.75) is 19.1 Å². The summed E-state index contributed by atoms with van der Waals surface area (Å²) in [5.41, 5.74) is 2.53. The van der Waals surface area contributed by atoms with Gasteiger partial charge in [-0.2, -0.15) is 8.78 Å². The predicted octanol–water partition coefficient (Wildman–Crippen LogP) is 4.04. The monoisotopic (exact) mass is 426 g/mol. The third-order valence-corrected chi connectivity index (χ3v) is 4.89. The van der Waals surface area contributed by atoms with E-state index in [0.717, 1.165) is 16.5 Å². The molecule has 160 valence electrons. The normalized spacial score (nSPS) is 12.3. The molecule has 2 aromatic carbocycles. The van der Waals surface area contributed by atoms with E-state index in [2.05, 4.69) is 25.3 Å². The van der Waals surface area contributed by atoms with E-state index in [1.807, 2.05) is 30.5 Å². The lowest BCUT2D eigenvalue weighted by molar-refractivity contribution is -0.0489. The Hall–Kier alpha value is -3.72. The molecule has 0 radical (unpaired) electrons. The summed E-state index contributed by atoms with van der Waals surface area (Å²) in [6.45, 7) is -3.24. The van der Waals surface area contributed by atoms with Gasteiger partial charge in [-0.3, -0.25) is 4.98 Å². The summed E-state index contributed by atoms with van der Waals surface area (Å²) in [4.78, 5) is 19.8. The van der Waals surface area contributed by atoms with Crippen molar-refractivity contribution in [1.82, 2.24) is 15.3 Å². The minimum Gasteiger partial charge on any atom is -0.432 e. The second-order valence-electron chi connectivity index (χ2n) is 6.93. The number of nitrogens with one attached hydrogen (secondary N) is 3. The van der Waals surface area contributed by atoms with Gasteiger partial charge in [-0.15, -0.1) is 0 Å². The Bertz CT molecular complexity index is 1210. The first-order valence-corrected chi connectivity index (χ1v) is 9.61. The Kier molecular flexibility index (Phi) is 5.94. The molecule has 4 aromatic rings. The highest BCUT2D eigenvalue weighted by atomic mass is 19.3. The number of rotatable bonds is 7. The van der Waals surface area contributed by atoms with Crippen molar-refractivity contribution in [2.24, 2.45) is 0 Å². The number of aromatic nitrogens is 2. The molecule has 0 aliphatic carbocycles. The Balaban J connectivity index is 1.49. The quantitative estimate of drug-likeness (QED) is 0.358. The number of H-pyrrole nitrogens is 1. The van der Waals surface area contributed by atoms with Crippen molar-refractivity contribution >= 4 is 33.5 Å². The van der Waals surface area contributed by atoms with Crippen LogP contribution in [0.4, 0.5) is 19.3 Å². The minimum atomic E-state index is -2.98. The molecule has 0 saturated carbocycles. The number of benzene rings is 2. The van der Waals surface area contributed by atoms with Gasteiger partial charge >= 0.3 is 12.6 Å². The number of pyridine rings is 1. The number of para-hydroxylation sites is 1. The number of ether oxygens (including phenoxy) is 1. The Morgan fingerprint density at radius 1 is 1.13 bits per heavy atom. The Morgan fingerprint density at radius 3 is 2.74 bits per heavy atom. The van der Waals surface area contributed by atoms with Crippen molar-refractivity contribution in [3.05, 3.63) is 66.5 Å². The van der Waals surface area contributed by atoms with E-state index in [0.29, 0.717) is 17.5 Å². The standard InChI is InChI=1S/C22H20F2N4O3/c23-21(24)31-19-8-7-18(16-5-3-9-25-20(16)19)28-22(30)27-14(12-29)10-13-11-26-17-6-2-1-4-15(13)17/h1-9,11,14,21,26,29H,10,12H2,(H2,27,28,30). The number of urea groups is 1. The molecular formula is C22H20F2N4O3. The number of hydrogen-bond acceptors (Lipinski definition) is 4. The van der Waals surface area contributed by atoms with Gasteiger partial charge in [0.1, 0.15) is 5.52 Å². The molecule has 1 atom stereocenters. The maximum atomic E-state index is 12.6. The number of amides is 2. The molecule has 4 N–H and O–H groups in total. The number of carbonyl (C=O) groups excluding carboxylic acids is 1. The molecule has 0 aliphatic rings. The maximum absolute atomic E-state index is 12.6. The number of fused-ring (bicyclic) bond motifs is 2. The van der Waals surface area contributed by atoms with Crippen molar-refractivity contribution in [1.29, 1.82) is 0 Å². The van der Waals surface area contributed by atoms with Gasteiger partial charge in [0.25, 0.3) is 0 Å². The van der Waals surface area contributed by atoms with Crippen LogP contribution in [0.15, 0.2) is 60.9 Å². The first kappa shape index (κ1) is 20.5. The number of alkyl halides is 2. The molecule has 7 nitrogen and oxygen atoms in total. The molecule has 0 spiro atoms. The highest BCUT2D eigenvalue weighted by molar-refractivity contribution is 6.02. The smallest absolute Gasteiger partial charge is 0.387 e. The van der Waals surface area contributed by atoms with Crippen molar-refractivity contribution < 1.29 is 23.4 Å². The summed E-state index contributed by atoms with van der Waals surface area (Å²) in [7, 11) is 0. The fourth-order valence-electron chi connectivity index (χ4n) is 3.52. The van der Waals surface area contributed by atoms with Gasteiger partial charge < -0.3 is 25.5 Å². The minimum absolute atomic E-state index is 0.0795. The number of carbonyl (C=O) groups is 1. The van der Waals surface area contributed by atoms with Crippen LogP contribution in [-0.2, 0) is 6.42 Å². The van der Waals surface area contributed by atoms with Crippen LogP contribution < -0.4 is 15.4 Å². The summed E-state index contributed by atoms with van der Waals surface area (Å²) in [6.07, 6.45) is 3.73. The molecule has 2 amide bonds. The zero-order valence-corrected chi connectivity index (χ0v) is 16.3. The molecule has 0 saturated heterocycles. The maximum Gasteiger partial charge on any atom is 0.387 e. The third kappa shape index (κ3) is 4.56. The number of halogens is 2. The molecule has 0 fully saturated rings. The van der Waals surface area contributed by atoms with Crippen molar-refractivity contribution in [2.75, 3.05) is 11.9 Å². The summed E-state index contributed by atoms with van der Waals surface area (Å²) >= 11 is 0. The number of aliphatic hydroxyl groups is 1. The van der Waals surface area contributed by atoms with E-state index < -0.39 is 18.7 Å². The van der Waals surface area contributed by atoms with E-state index in [9.17, 15) is 18.7 Å². The molecule has 2 aromatic heterocycles. The first-order chi connectivity index (χ1) is 15.0. The third-order valence-electron chi connectivity index (χ3n) is 4.89. The zero-order valence-electron chi connectivity index (χ0n) is 16.3. The van der Waals surface area contributed by atoms with Gasteiger partial charge in [-0.1, -0.05) is 18.2 Å². The molecule has 4 rings (SSSR count). The number of nitrogens with zero attached hydrogens (tertiary/aromatic N) is 1. The summed E-state index contributed by atoms with van der Waals surface area (Å²) in [5.74, 6) is -0.0795. The topological polar surface area (TPSA) is 99.3 Å². The highest BCUT2D eigenvalue weighted by Crippen LogP contribution is 2.31. The summed E-state index contributed by atoms with van der Waals surface area (Å²) < 4.78 is 29.8. The molecule has 31 heavy (non-hydrogen) atoms. The molecule has 0 bridgehead atoms. The van der Waals surface area contributed by atoms with Crippen LogP contribution in [0.25, 0.3) is 21.8 Å². The van der Waals surface area contributed by atoms with Crippen LogP contribution in [-0.4, -0.2) is 40.4 Å². The lowest BCUT2D eigenvalue weighted by Gasteiger charge is -2.18. The molecule has 2 heterocycles. The van der Waals surface area contributed by atoms with E-state index in [1.165, 1.54) is 18.3 Å². The first-order valence-electron chi connectivity index (χ1n) is 9.61. The van der Waals surface area contributed by atoms with E-state index in [1.54, 1.807) is 12.1 Å². The Labute approximate surface area is 176 Å². The molecule has 0 aliphatic heterocycles. The fourth-order valence-corrected chi connectivity index (χ4v) is 3.52. The predicted molar refractivity (Wildman–Crippen MR) is 113 cm³/mol. The van der Waals surface area contributed by atoms with Crippen LogP contribution >= 0.6 is 0 Å². The van der Waals surface area contributed by atoms with Crippen LogP contribution in [0.3, 0.4) is 0 Å². The van der Waals surface area contributed by atoms with Crippen molar-refractivity contribution in [3.8, 4) is 5.75 Å². The van der Waals surface area contributed by atoms with Gasteiger partial charge in [0.15, 0.2) is 5.75 Å². The number of aromatic amines is 1. The second-order valence-corrected chi connectivity index (χ2v) is 6.93. The van der Waals surface area contributed by atoms with Crippen molar-refractivity contribution in [3.63, 3.8) is 0 Å². The highest BCUT2D eigenvalue weighted by Gasteiger charge is 2.17. The number of aliphatic hydroxyl groups excluding tert-OH is 1.